The van der Waals surface area contributed by atoms with Crippen LogP contribution in [-0.4, -0.2) is 42.6 Å². The van der Waals surface area contributed by atoms with Crippen molar-refractivity contribution >= 4 is 5.91 Å². The molecular formula is C13H24N2O2. The first-order valence-corrected chi connectivity index (χ1v) is 6.84. The van der Waals surface area contributed by atoms with Crippen molar-refractivity contribution in [2.75, 3.05) is 19.7 Å². The molecule has 2 atom stereocenters. The minimum atomic E-state index is 0.0668. The van der Waals surface area contributed by atoms with Crippen molar-refractivity contribution in [3.05, 3.63) is 0 Å². The van der Waals surface area contributed by atoms with Crippen LogP contribution in [0.1, 0.15) is 39.0 Å². The lowest BCUT2D eigenvalue weighted by Crippen LogP contribution is -2.45. The van der Waals surface area contributed by atoms with Gasteiger partial charge in [-0.25, -0.2) is 0 Å². The van der Waals surface area contributed by atoms with Gasteiger partial charge in [-0.1, -0.05) is 12.8 Å². The van der Waals surface area contributed by atoms with Crippen LogP contribution in [0.3, 0.4) is 0 Å². The molecule has 0 radical (unpaired) electrons. The van der Waals surface area contributed by atoms with Gasteiger partial charge in [0.1, 0.15) is 0 Å². The second-order valence-electron chi connectivity index (χ2n) is 5.34. The summed E-state index contributed by atoms with van der Waals surface area (Å²) in [5.74, 6) is 0.337. The molecule has 2 N–H and O–H groups in total. The topological polar surface area (TPSA) is 55.6 Å². The minimum Gasteiger partial charge on any atom is -0.378 e. The van der Waals surface area contributed by atoms with Gasteiger partial charge in [0.2, 0.25) is 5.91 Å². The van der Waals surface area contributed by atoms with Gasteiger partial charge in [0, 0.05) is 19.1 Å². The molecule has 2 unspecified atom stereocenters. The van der Waals surface area contributed by atoms with E-state index in [0.717, 1.165) is 19.3 Å². The van der Waals surface area contributed by atoms with Gasteiger partial charge in [-0.15, -0.1) is 0 Å². The van der Waals surface area contributed by atoms with Gasteiger partial charge in [0.15, 0.2) is 0 Å². The van der Waals surface area contributed by atoms with Gasteiger partial charge in [0.05, 0.1) is 18.6 Å². The summed E-state index contributed by atoms with van der Waals surface area (Å²) in [6.45, 7) is 3.89. The van der Waals surface area contributed by atoms with Crippen LogP contribution in [0.25, 0.3) is 0 Å². The van der Waals surface area contributed by atoms with E-state index in [4.69, 9.17) is 10.5 Å². The molecular weight excluding hydrogens is 216 g/mol. The Morgan fingerprint density at radius 1 is 1.41 bits per heavy atom. The number of nitrogens with zero attached hydrogens (tertiary/aromatic N) is 1. The number of hydrogen-bond acceptors (Lipinski definition) is 3. The van der Waals surface area contributed by atoms with Crippen LogP contribution < -0.4 is 5.73 Å². The van der Waals surface area contributed by atoms with Crippen LogP contribution in [0.4, 0.5) is 0 Å². The van der Waals surface area contributed by atoms with E-state index in [1.165, 1.54) is 12.8 Å². The highest BCUT2D eigenvalue weighted by molar-refractivity contribution is 5.79. The summed E-state index contributed by atoms with van der Waals surface area (Å²) >= 11 is 0. The van der Waals surface area contributed by atoms with E-state index in [1.807, 2.05) is 11.8 Å². The van der Waals surface area contributed by atoms with Crippen molar-refractivity contribution in [3.8, 4) is 0 Å². The van der Waals surface area contributed by atoms with E-state index < -0.39 is 0 Å². The van der Waals surface area contributed by atoms with Crippen molar-refractivity contribution < 1.29 is 9.53 Å². The summed E-state index contributed by atoms with van der Waals surface area (Å²) in [5.41, 5.74) is 5.64. The average molecular weight is 240 g/mol. The van der Waals surface area contributed by atoms with Crippen LogP contribution in [0.15, 0.2) is 0 Å². The van der Waals surface area contributed by atoms with Crippen LogP contribution >= 0.6 is 0 Å². The van der Waals surface area contributed by atoms with Gasteiger partial charge in [-0.05, 0) is 26.2 Å². The molecule has 1 amide bonds. The number of amides is 1. The minimum absolute atomic E-state index is 0.0668. The van der Waals surface area contributed by atoms with E-state index >= 15 is 0 Å². The fourth-order valence-corrected chi connectivity index (χ4v) is 3.05. The number of carbonyl (C=O) groups excluding carboxylic acids is 1. The molecule has 17 heavy (non-hydrogen) atoms. The molecule has 2 fully saturated rings. The van der Waals surface area contributed by atoms with Crippen molar-refractivity contribution in [2.24, 2.45) is 11.7 Å². The van der Waals surface area contributed by atoms with Gasteiger partial charge < -0.3 is 15.4 Å². The molecule has 0 bridgehead atoms. The maximum Gasteiger partial charge on any atom is 0.228 e. The maximum absolute atomic E-state index is 12.5. The molecule has 98 valence electrons. The molecule has 1 saturated carbocycles. The Morgan fingerprint density at radius 3 is 2.65 bits per heavy atom. The summed E-state index contributed by atoms with van der Waals surface area (Å²) in [7, 11) is 0. The molecule has 4 heteroatoms. The molecule has 1 aliphatic carbocycles. The summed E-state index contributed by atoms with van der Waals surface area (Å²) in [6, 6.07) is 0.432. The molecule has 1 heterocycles. The molecule has 0 aromatic carbocycles. The van der Waals surface area contributed by atoms with Crippen LogP contribution in [0.5, 0.6) is 0 Å². The van der Waals surface area contributed by atoms with Crippen molar-refractivity contribution in [1.82, 2.24) is 4.90 Å². The third-order valence-electron chi connectivity index (χ3n) is 3.97. The second kappa shape index (κ2) is 5.83. The van der Waals surface area contributed by atoms with Crippen molar-refractivity contribution in [3.63, 3.8) is 0 Å². The van der Waals surface area contributed by atoms with Crippen molar-refractivity contribution in [2.45, 2.75) is 51.2 Å². The Kier molecular flexibility index (Phi) is 4.40. The van der Waals surface area contributed by atoms with Gasteiger partial charge >= 0.3 is 0 Å². The standard InChI is InChI=1S/C13H24N2O2/c1-10-8-11(9-17-10)13(16)15(7-6-14)12-4-2-3-5-12/h10-12H,2-9,14H2,1H3. The number of nitrogens with two attached hydrogens (primary N) is 1. The quantitative estimate of drug-likeness (QED) is 0.801. The fourth-order valence-electron chi connectivity index (χ4n) is 3.05. The average Bonchev–Trinajstić information content (AvgIpc) is 2.95. The Hall–Kier alpha value is -0.610. The van der Waals surface area contributed by atoms with Crippen LogP contribution in [-0.2, 0) is 9.53 Å². The molecule has 1 aliphatic heterocycles. The molecule has 1 saturated heterocycles. The lowest BCUT2D eigenvalue weighted by atomic mass is 10.0. The number of rotatable bonds is 4. The predicted molar refractivity (Wildman–Crippen MR) is 66.5 cm³/mol. The zero-order valence-corrected chi connectivity index (χ0v) is 10.7. The molecule has 0 aromatic heterocycles. The summed E-state index contributed by atoms with van der Waals surface area (Å²) in [4.78, 5) is 14.5. The monoisotopic (exact) mass is 240 g/mol. The predicted octanol–water partition coefficient (Wildman–Crippen LogP) is 1.14. The first kappa shape index (κ1) is 12.8. The summed E-state index contributed by atoms with van der Waals surface area (Å²) in [5, 5.41) is 0. The second-order valence-corrected chi connectivity index (χ2v) is 5.34. The largest absolute Gasteiger partial charge is 0.378 e. The molecule has 2 aliphatic rings. The Bertz CT molecular complexity index is 264. The highest BCUT2D eigenvalue weighted by Gasteiger charge is 2.34. The third-order valence-corrected chi connectivity index (χ3v) is 3.97. The van der Waals surface area contributed by atoms with E-state index in [2.05, 4.69) is 0 Å². The Labute approximate surface area is 103 Å². The highest BCUT2D eigenvalue weighted by atomic mass is 16.5. The molecule has 4 nitrogen and oxygen atoms in total. The van der Waals surface area contributed by atoms with Crippen LogP contribution in [0.2, 0.25) is 0 Å². The van der Waals surface area contributed by atoms with Crippen molar-refractivity contribution in [1.29, 1.82) is 0 Å². The molecule has 0 spiro atoms. The zero-order chi connectivity index (χ0) is 12.3. The van der Waals surface area contributed by atoms with Gasteiger partial charge in [0.25, 0.3) is 0 Å². The molecule has 2 rings (SSSR count). The van der Waals surface area contributed by atoms with E-state index in [1.54, 1.807) is 0 Å². The van der Waals surface area contributed by atoms with E-state index in [-0.39, 0.29) is 17.9 Å². The van der Waals surface area contributed by atoms with Gasteiger partial charge in [-0.2, -0.15) is 0 Å². The lowest BCUT2D eigenvalue weighted by molar-refractivity contribution is -0.137. The first-order chi connectivity index (χ1) is 8.22. The zero-order valence-electron chi connectivity index (χ0n) is 10.7. The van der Waals surface area contributed by atoms with E-state index in [9.17, 15) is 4.79 Å². The Balaban J connectivity index is 1.96. The highest BCUT2D eigenvalue weighted by Crippen LogP contribution is 2.27. The Morgan fingerprint density at radius 2 is 2.12 bits per heavy atom. The third kappa shape index (κ3) is 2.99. The van der Waals surface area contributed by atoms with E-state index in [0.29, 0.717) is 25.7 Å². The number of ether oxygens (including phenoxy) is 1. The lowest BCUT2D eigenvalue weighted by Gasteiger charge is -2.30. The normalized spacial score (nSPS) is 29.8. The SMILES string of the molecule is CC1CC(C(=O)N(CCN)C2CCCC2)CO1. The summed E-state index contributed by atoms with van der Waals surface area (Å²) in [6.07, 6.45) is 5.89. The molecule has 0 aromatic rings. The smallest absolute Gasteiger partial charge is 0.228 e. The number of hydrogen-bond donors (Lipinski definition) is 1. The first-order valence-electron chi connectivity index (χ1n) is 6.84. The summed E-state index contributed by atoms with van der Waals surface area (Å²) < 4.78 is 5.50. The fraction of sp³-hybridized carbons (Fsp3) is 0.923. The number of carbonyl (C=O) groups is 1. The van der Waals surface area contributed by atoms with Crippen LogP contribution in [0, 0.1) is 5.92 Å². The maximum atomic E-state index is 12.5. The van der Waals surface area contributed by atoms with Gasteiger partial charge in [-0.3, -0.25) is 4.79 Å².